The Bertz CT molecular complexity index is 1320. The highest BCUT2D eigenvalue weighted by atomic mass is 35.5. The van der Waals surface area contributed by atoms with Gasteiger partial charge in [0, 0.05) is 5.56 Å². The summed E-state index contributed by atoms with van der Waals surface area (Å²) in [6, 6.07) is 16.4. The number of hydrogen-bond acceptors (Lipinski definition) is 4. The lowest BCUT2D eigenvalue weighted by molar-refractivity contribution is -0.122. The van der Waals surface area contributed by atoms with Crippen molar-refractivity contribution in [1.29, 1.82) is 0 Å². The molecule has 33 heavy (non-hydrogen) atoms. The van der Waals surface area contributed by atoms with Crippen LogP contribution in [0.1, 0.15) is 19.4 Å². The van der Waals surface area contributed by atoms with Gasteiger partial charge >= 0.3 is 0 Å². The molecular weight excluding hydrogens is 479 g/mol. The number of halogens is 2. The summed E-state index contributed by atoms with van der Waals surface area (Å²) in [5.41, 5.74) is 0.835. The molecule has 5 nitrogen and oxygen atoms in total. The molecular formula is C25H20Cl2N2O3S. The molecule has 8 heteroatoms. The first-order valence-corrected chi connectivity index (χ1v) is 11.4. The van der Waals surface area contributed by atoms with Gasteiger partial charge < -0.3 is 4.74 Å². The summed E-state index contributed by atoms with van der Waals surface area (Å²) in [6.07, 6.45) is 1.54. The molecule has 1 aliphatic rings. The quantitative estimate of drug-likeness (QED) is 0.265. The minimum Gasteiger partial charge on any atom is -0.493 e. The van der Waals surface area contributed by atoms with E-state index in [1.165, 1.54) is 4.90 Å². The Balaban J connectivity index is 1.86. The number of carbonyl (C=O) groups is 2. The Hall–Kier alpha value is -2.93. The van der Waals surface area contributed by atoms with Crippen LogP contribution < -0.4 is 15.0 Å². The second-order valence-corrected chi connectivity index (χ2v) is 9.11. The summed E-state index contributed by atoms with van der Waals surface area (Å²) in [6.45, 7) is 4.58. The average Bonchev–Trinajstić information content (AvgIpc) is 2.78. The van der Waals surface area contributed by atoms with Crippen molar-refractivity contribution < 1.29 is 14.3 Å². The Kier molecular flexibility index (Phi) is 6.70. The van der Waals surface area contributed by atoms with E-state index in [-0.39, 0.29) is 20.7 Å². The molecule has 168 valence electrons. The third-order valence-electron chi connectivity index (χ3n) is 5.07. The average molecular weight is 499 g/mol. The number of ether oxygens (including phenoxy) is 1. The molecule has 0 aromatic heterocycles. The maximum Gasteiger partial charge on any atom is 0.270 e. The fourth-order valence-corrected chi connectivity index (χ4v) is 4.15. The number of thiocarbonyl (C=S) groups is 1. The number of carbonyl (C=O) groups excluding carboxylic acids is 2. The first kappa shape index (κ1) is 23.2. The van der Waals surface area contributed by atoms with Gasteiger partial charge in [0.2, 0.25) is 0 Å². The van der Waals surface area contributed by atoms with Gasteiger partial charge in [0.1, 0.15) is 11.3 Å². The number of anilines is 1. The summed E-state index contributed by atoms with van der Waals surface area (Å²) in [7, 11) is 0. The predicted molar refractivity (Wildman–Crippen MR) is 137 cm³/mol. The Morgan fingerprint density at radius 1 is 1.06 bits per heavy atom. The maximum absolute atomic E-state index is 13.5. The summed E-state index contributed by atoms with van der Waals surface area (Å²) in [4.78, 5) is 27.5. The molecule has 0 unspecified atom stereocenters. The zero-order chi connectivity index (χ0) is 23.7. The van der Waals surface area contributed by atoms with E-state index >= 15 is 0 Å². The molecule has 3 aromatic rings. The van der Waals surface area contributed by atoms with Crippen molar-refractivity contribution in [2.45, 2.75) is 13.8 Å². The molecule has 0 saturated carbocycles. The minimum absolute atomic E-state index is 0.0690. The molecule has 1 aliphatic heterocycles. The first-order chi connectivity index (χ1) is 15.8. The molecule has 2 amide bonds. The standard InChI is InChI=1S/C25H20Cl2N2O3S/c1-14(2)13-32-21-11-10-15-6-3-4-7-16(15)17(21)12-18-23(30)28-25(33)29(24(18)31)20-9-5-8-19(26)22(20)27/h3-12,14H,13H2,1-2H3,(H,28,30,33)/b18-12+. The third kappa shape index (κ3) is 4.60. The molecule has 0 aliphatic carbocycles. The molecule has 3 aromatic carbocycles. The molecule has 0 spiro atoms. The summed E-state index contributed by atoms with van der Waals surface area (Å²) in [5, 5.41) is 4.75. The van der Waals surface area contributed by atoms with Gasteiger partial charge in [-0.2, -0.15) is 0 Å². The molecule has 1 fully saturated rings. The zero-order valence-electron chi connectivity index (χ0n) is 17.9. The van der Waals surface area contributed by atoms with Crippen LogP contribution in [-0.4, -0.2) is 23.5 Å². The number of benzene rings is 3. The lowest BCUT2D eigenvalue weighted by atomic mass is 9.99. The second-order valence-electron chi connectivity index (χ2n) is 7.93. The normalized spacial score (nSPS) is 15.5. The molecule has 4 rings (SSSR count). The van der Waals surface area contributed by atoms with E-state index in [1.807, 2.05) is 50.2 Å². The summed E-state index contributed by atoms with van der Waals surface area (Å²) >= 11 is 17.8. The smallest absolute Gasteiger partial charge is 0.270 e. The van der Waals surface area contributed by atoms with Crippen LogP contribution in [0, 0.1) is 5.92 Å². The van der Waals surface area contributed by atoms with Crippen molar-refractivity contribution in [2.24, 2.45) is 5.92 Å². The van der Waals surface area contributed by atoms with Gasteiger partial charge in [0.15, 0.2) is 5.11 Å². The fraction of sp³-hybridized carbons (Fsp3) is 0.160. The Labute approximate surface area is 206 Å². The lowest BCUT2D eigenvalue weighted by Gasteiger charge is -2.29. The Morgan fingerprint density at radius 2 is 1.82 bits per heavy atom. The molecule has 1 saturated heterocycles. The van der Waals surface area contributed by atoms with E-state index in [1.54, 1.807) is 24.3 Å². The van der Waals surface area contributed by atoms with Crippen molar-refractivity contribution in [3.05, 3.63) is 75.8 Å². The molecule has 1 heterocycles. The van der Waals surface area contributed by atoms with E-state index in [2.05, 4.69) is 5.32 Å². The van der Waals surface area contributed by atoms with Crippen molar-refractivity contribution >= 4 is 74.9 Å². The highest BCUT2D eigenvalue weighted by Gasteiger charge is 2.36. The van der Waals surface area contributed by atoms with Gasteiger partial charge in [-0.05, 0) is 53.2 Å². The van der Waals surface area contributed by atoms with Gasteiger partial charge in [0.25, 0.3) is 11.8 Å². The number of hydrogen-bond donors (Lipinski definition) is 1. The Morgan fingerprint density at radius 3 is 2.58 bits per heavy atom. The van der Waals surface area contributed by atoms with Crippen LogP contribution in [0.4, 0.5) is 5.69 Å². The number of nitrogens with one attached hydrogen (secondary N) is 1. The van der Waals surface area contributed by atoms with Gasteiger partial charge in [-0.1, -0.05) is 73.4 Å². The molecule has 0 atom stereocenters. The predicted octanol–water partition coefficient (Wildman–Crippen LogP) is 6.01. The van der Waals surface area contributed by atoms with Crippen LogP contribution >= 0.6 is 35.4 Å². The van der Waals surface area contributed by atoms with Crippen molar-refractivity contribution in [1.82, 2.24) is 5.32 Å². The van der Waals surface area contributed by atoms with Crippen LogP contribution in [0.2, 0.25) is 10.0 Å². The number of fused-ring (bicyclic) bond motifs is 1. The maximum atomic E-state index is 13.5. The van der Waals surface area contributed by atoms with E-state index in [0.717, 1.165) is 10.8 Å². The van der Waals surface area contributed by atoms with Crippen LogP contribution in [0.3, 0.4) is 0 Å². The van der Waals surface area contributed by atoms with Crippen LogP contribution in [0.25, 0.3) is 16.8 Å². The van der Waals surface area contributed by atoms with Crippen molar-refractivity contribution in [2.75, 3.05) is 11.5 Å². The molecule has 0 radical (unpaired) electrons. The van der Waals surface area contributed by atoms with Gasteiger partial charge in [-0.15, -0.1) is 0 Å². The highest BCUT2D eigenvalue weighted by Crippen LogP contribution is 2.36. The number of amides is 2. The minimum atomic E-state index is -0.601. The van der Waals surface area contributed by atoms with Crippen molar-refractivity contribution in [3.63, 3.8) is 0 Å². The lowest BCUT2D eigenvalue weighted by Crippen LogP contribution is -2.54. The van der Waals surface area contributed by atoms with E-state index in [4.69, 9.17) is 40.2 Å². The largest absolute Gasteiger partial charge is 0.493 e. The second kappa shape index (κ2) is 9.51. The first-order valence-electron chi connectivity index (χ1n) is 10.3. The van der Waals surface area contributed by atoms with E-state index < -0.39 is 11.8 Å². The highest BCUT2D eigenvalue weighted by molar-refractivity contribution is 7.80. The monoisotopic (exact) mass is 498 g/mol. The number of rotatable bonds is 5. The SMILES string of the molecule is CC(C)COc1ccc2ccccc2c1/C=C1\C(=O)NC(=S)N(c2cccc(Cl)c2Cl)C1=O. The van der Waals surface area contributed by atoms with Gasteiger partial charge in [0.05, 0.1) is 22.3 Å². The van der Waals surface area contributed by atoms with E-state index in [0.29, 0.717) is 29.5 Å². The summed E-state index contributed by atoms with van der Waals surface area (Å²) < 4.78 is 6.02. The van der Waals surface area contributed by atoms with Crippen LogP contribution in [0.5, 0.6) is 5.75 Å². The topological polar surface area (TPSA) is 58.6 Å². The third-order valence-corrected chi connectivity index (χ3v) is 6.16. The van der Waals surface area contributed by atoms with Gasteiger partial charge in [-0.3, -0.25) is 19.8 Å². The van der Waals surface area contributed by atoms with E-state index in [9.17, 15) is 9.59 Å². The molecule has 1 N–H and O–H groups in total. The van der Waals surface area contributed by atoms with Crippen LogP contribution in [0.15, 0.2) is 60.2 Å². The van der Waals surface area contributed by atoms with Crippen LogP contribution in [-0.2, 0) is 9.59 Å². The van der Waals surface area contributed by atoms with Crippen molar-refractivity contribution in [3.8, 4) is 5.75 Å². The fourth-order valence-electron chi connectivity index (χ4n) is 3.49. The van der Waals surface area contributed by atoms with Gasteiger partial charge in [-0.25, -0.2) is 0 Å². The zero-order valence-corrected chi connectivity index (χ0v) is 20.2. The molecule has 0 bridgehead atoms. The number of nitrogens with zero attached hydrogens (tertiary/aromatic N) is 1. The summed E-state index contributed by atoms with van der Waals surface area (Å²) in [5.74, 6) is -0.316.